The number of methoxy groups -OCH3 is 2. The molecule has 0 bridgehead atoms. The summed E-state index contributed by atoms with van der Waals surface area (Å²) in [4.78, 5) is 11.3. The number of benzene rings is 1. The first-order chi connectivity index (χ1) is 7.81. The summed E-state index contributed by atoms with van der Waals surface area (Å²) in [5.74, 6) is -3.34. The van der Waals surface area contributed by atoms with E-state index in [0.717, 1.165) is 13.0 Å². The van der Waals surface area contributed by atoms with Gasteiger partial charge >= 0.3 is 0 Å². The van der Waals surface area contributed by atoms with Crippen LogP contribution in [0.15, 0.2) is 12.1 Å². The molecule has 3 nitrogen and oxygen atoms in total. The number of carbonyl (C=O) groups excluding carboxylic acids is 1. The molecule has 0 heterocycles. The minimum absolute atomic E-state index is 0.0509. The third-order valence-corrected chi connectivity index (χ3v) is 2.36. The van der Waals surface area contributed by atoms with Crippen molar-refractivity contribution in [2.24, 2.45) is 0 Å². The first-order valence-electron chi connectivity index (χ1n) is 4.96. The second-order valence-electron chi connectivity index (χ2n) is 3.70. The molecule has 5 heteroatoms. The highest BCUT2D eigenvalue weighted by Crippen LogP contribution is 2.41. The smallest absolute Gasteiger partial charge is 0.274 e. The zero-order valence-electron chi connectivity index (χ0n) is 10.1. The molecule has 0 unspecified atom stereocenters. The summed E-state index contributed by atoms with van der Waals surface area (Å²) in [7, 11) is 2.61. The molecule has 1 aromatic rings. The van der Waals surface area contributed by atoms with E-state index in [0.29, 0.717) is 0 Å². The predicted molar refractivity (Wildman–Crippen MR) is 59.1 cm³/mol. The third kappa shape index (κ3) is 2.72. The van der Waals surface area contributed by atoms with Gasteiger partial charge < -0.3 is 9.47 Å². The molecule has 17 heavy (non-hydrogen) atoms. The summed E-state index contributed by atoms with van der Waals surface area (Å²) in [5, 5.41) is 0. The Kier molecular flexibility index (Phi) is 3.70. The van der Waals surface area contributed by atoms with Gasteiger partial charge in [-0.25, -0.2) is 8.78 Å². The number of ether oxygens (including phenoxy) is 2. The Hall–Kier alpha value is -1.65. The van der Waals surface area contributed by atoms with Crippen LogP contribution in [0.3, 0.4) is 0 Å². The van der Waals surface area contributed by atoms with Crippen LogP contribution in [0.2, 0.25) is 0 Å². The van der Waals surface area contributed by atoms with Crippen molar-refractivity contribution in [3.8, 4) is 11.5 Å². The lowest BCUT2D eigenvalue weighted by atomic mass is 10.0. The lowest BCUT2D eigenvalue weighted by Crippen LogP contribution is -2.11. The number of hydrogen-bond acceptors (Lipinski definition) is 3. The molecule has 94 valence electrons. The zero-order chi connectivity index (χ0) is 13.2. The summed E-state index contributed by atoms with van der Waals surface area (Å²) >= 11 is 0. The number of ketones is 1. The van der Waals surface area contributed by atoms with Crippen LogP contribution in [0, 0.1) is 0 Å². The number of rotatable bonds is 4. The van der Waals surface area contributed by atoms with Crippen molar-refractivity contribution in [1.82, 2.24) is 0 Å². The van der Waals surface area contributed by atoms with Crippen molar-refractivity contribution in [3.63, 3.8) is 0 Å². The van der Waals surface area contributed by atoms with Crippen LogP contribution in [0.1, 0.15) is 29.8 Å². The average molecular weight is 244 g/mol. The number of alkyl halides is 2. The molecule has 0 saturated heterocycles. The van der Waals surface area contributed by atoms with Crippen molar-refractivity contribution >= 4 is 5.78 Å². The summed E-state index contributed by atoms with van der Waals surface area (Å²) in [6, 6.07) is 2.51. The Labute approximate surface area is 98.3 Å². The first-order valence-corrected chi connectivity index (χ1v) is 4.96. The summed E-state index contributed by atoms with van der Waals surface area (Å²) in [6.07, 6.45) is 0. The largest absolute Gasteiger partial charge is 0.493 e. The Morgan fingerprint density at radius 1 is 1.24 bits per heavy atom. The van der Waals surface area contributed by atoms with E-state index in [9.17, 15) is 13.6 Å². The van der Waals surface area contributed by atoms with Crippen molar-refractivity contribution in [2.45, 2.75) is 19.8 Å². The van der Waals surface area contributed by atoms with E-state index in [-0.39, 0.29) is 28.4 Å². The number of halogens is 2. The maximum absolute atomic E-state index is 13.4. The molecule has 0 amide bonds. The Bertz CT molecular complexity index is 436. The van der Waals surface area contributed by atoms with Crippen molar-refractivity contribution in [3.05, 3.63) is 23.3 Å². The molecule has 0 aliphatic heterocycles. The molecule has 0 aliphatic carbocycles. The lowest BCUT2D eigenvalue weighted by molar-refractivity contribution is 0.0147. The lowest BCUT2D eigenvalue weighted by Gasteiger charge is -2.18. The summed E-state index contributed by atoms with van der Waals surface area (Å²) in [5.41, 5.74) is -0.191. The molecule has 0 aromatic heterocycles. The molecule has 0 saturated carbocycles. The van der Waals surface area contributed by atoms with Gasteiger partial charge in [-0.2, -0.15) is 0 Å². The Morgan fingerprint density at radius 2 is 1.82 bits per heavy atom. The van der Waals surface area contributed by atoms with E-state index in [1.165, 1.54) is 27.2 Å². The standard InChI is InChI=1S/C12H14F2O3/c1-7(15)8-5-9(12(2,13)14)11(17-4)10(6-8)16-3/h5-6H,1-4H3. The van der Waals surface area contributed by atoms with Gasteiger partial charge in [0.2, 0.25) is 0 Å². The fourth-order valence-corrected chi connectivity index (χ4v) is 1.49. The zero-order valence-corrected chi connectivity index (χ0v) is 10.1. The topological polar surface area (TPSA) is 35.5 Å². The van der Waals surface area contributed by atoms with Gasteiger partial charge in [0.15, 0.2) is 17.3 Å². The molecule has 0 aliphatic rings. The summed E-state index contributed by atoms with van der Waals surface area (Å²) < 4.78 is 36.7. The van der Waals surface area contributed by atoms with Gasteiger partial charge in [0.1, 0.15) is 0 Å². The van der Waals surface area contributed by atoms with E-state index in [4.69, 9.17) is 9.47 Å². The molecule has 1 aromatic carbocycles. The van der Waals surface area contributed by atoms with Gasteiger partial charge in [0.25, 0.3) is 5.92 Å². The van der Waals surface area contributed by atoms with Crippen LogP contribution in [-0.4, -0.2) is 20.0 Å². The molecule has 1 rings (SSSR count). The molecule has 0 fully saturated rings. The molecular formula is C12H14F2O3. The highest BCUT2D eigenvalue weighted by molar-refractivity contribution is 5.95. The van der Waals surface area contributed by atoms with Crippen LogP contribution in [0.5, 0.6) is 11.5 Å². The second kappa shape index (κ2) is 4.69. The van der Waals surface area contributed by atoms with Gasteiger partial charge in [-0.15, -0.1) is 0 Å². The second-order valence-corrected chi connectivity index (χ2v) is 3.70. The normalized spacial score (nSPS) is 11.2. The van der Waals surface area contributed by atoms with Gasteiger partial charge in [0, 0.05) is 12.5 Å². The highest BCUT2D eigenvalue weighted by Gasteiger charge is 2.31. The van der Waals surface area contributed by atoms with Crippen molar-refractivity contribution < 1.29 is 23.0 Å². The fraction of sp³-hybridized carbons (Fsp3) is 0.417. The maximum Gasteiger partial charge on any atom is 0.274 e. The van der Waals surface area contributed by atoms with Gasteiger partial charge in [-0.3, -0.25) is 4.79 Å². The minimum atomic E-state index is -3.11. The van der Waals surface area contributed by atoms with E-state index < -0.39 is 5.92 Å². The van der Waals surface area contributed by atoms with Crippen molar-refractivity contribution in [1.29, 1.82) is 0 Å². The first kappa shape index (κ1) is 13.4. The number of carbonyl (C=O) groups is 1. The molecule has 0 N–H and O–H groups in total. The molecule has 0 spiro atoms. The fourth-order valence-electron chi connectivity index (χ4n) is 1.49. The molecular weight excluding hydrogens is 230 g/mol. The van der Waals surface area contributed by atoms with Gasteiger partial charge in [-0.1, -0.05) is 0 Å². The summed E-state index contributed by atoms with van der Waals surface area (Å²) in [6.45, 7) is 2.05. The van der Waals surface area contributed by atoms with Gasteiger partial charge in [0.05, 0.1) is 19.8 Å². The van der Waals surface area contributed by atoms with Gasteiger partial charge in [-0.05, 0) is 19.1 Å². The van der Waals surface area contributed by atoms with Crippen LogP contribution in [-0.2, 0) is 5.92 Å². The molecule has 0 atom stereocenters. The minimum Gasteiger partial charge on any atom is -0.493 e. The Morgan fingerprint density at radius 3 is 2.18 bits per heavy atom. The average Bonchev–Trinajstić information content (AvgIpc) is 2.25. The van der Waals surface area contributed by atoms with Crippen LogP contribution in [0.4, 0.5) is 8.78 Å². The SMILES string of the molecule is COc1cc(C(C)=O)cc(C(C)(F)F)c1OC. The van der Waals surface area contributed by atoms with Crippen LogP contribution in [0.25, 0.3) is 0 Å². The number of hydrogen-bond donors (Lipinski definition) is 0. The van der Waals surface area contributed by atoms with Crippen LogP contribution < -0.4 is 9.47 Å². The predicted octanol–water partition coefficient (Wildman–Crippen LogP) is 3.02. The molecule has 0 radical (unpaired) electrons. The van der Waals surface area contributed by atoms with Crippen LogP contribution >= 0.6 is 0 Å². The van der Waals surface area contributed by atoms with E-state index in [2.05, 4.69) is 0 Å². The maximum atomic E-state index is 13.4. The van der Waals surface area contributed by atoms with E-state index in [1.54, 1.807) is 0 Å². The van der Waals surface area contributed by atoms with Crippen molar-refractivity contribution in [2.75, 3.05) is 14.2 Å². The highest BCUT2D eigenvalue weighted by atomic mass is 19.3. The number of Topliss-reactive ketones (excluding diaryl/α,β-unsaturated/α-hetero) is 1. The monoisotopic (exact) mass is 244 g/mol. The van der Waals surface area contributed by atoms with E-state index in [1.807, 2.05) is 0 Å². The third-order valence-electron chi connectivity index (χ3n) is 2.36. The van der Waals surface area contributed by atoms with E-state index >= 15 is 0 Å². The Balaban J connectivity index is 3.54. The quantitative estimate of drug-likeness (QED) is 0.764.